The van der Waals surface area contributed by atoms with Crippen molar-refractivity contribution in [3.63, 3.8) is 0 Å². The summed E-state index contributed by atoms with van der Waals surface area (Å²) in [5.41, 5.74) is 1.98. The number of carbonyl (C=O) groups excluding carboxylic acids is 1. The molecule has 3 aromatic carbocycles. The summed E-state index contributed by atoms with van der Waals surface area (Å²) in [6.45, 7) is 3.70. The fourth-order valence-corrected chi connectivity index (χ4v) is 4.70. The molecule has 5 nitrogen and oxygen atoms in total. The third-order valence-corrected chi connectivity index (χ3v) is 6.96. The lowest BCUT2D eigenvalue weighted by atomic mass is 10.2. The summed E-state index contributed by atoms with van der Waals surface area (Å²) in [6.07, 6.45) is 0. The second-order valence-electron chi connectivity index (χ2n) is 6.70. The van der Waals surface area contributed by atoms with Crippen molar-refractivity contribution in [3.8, 4) is 0 Å². The lowest BCUT2D eigenvalue weighted by molar-refractivity contribution is -0.115. The number of aryl methyl sites for hydroxylation is 1. The van der Waals surface area contributed by atoms with Gasteiger partial charge in [0.2, 0.25) is 5.91 Å². The summed E-state index contributed by atoms with van der Waals surface area (Å²) in [4.78, 5) is 13.5. The maximum Gasteiger partial charge on any atom is 0.261 e. The molecule has 1 atom stereocenters. The Bertz CT molecular complexity index is 1130. The van der Waals surface area contributed by atoms with Crippen molar-refractivity contribution in [2.24, 2.45) is 0 Å². The molecule has 0 spiro atoms. The first-order valence-electron chi connectivity index (χ1n) is 9.15. The van der Waals surface area contributed by atoms with Crippen LogP contribution in [0.2, 0.25) is 5.02 Å². The lowest BCUT2D eigenvalue weighted by Gasteiger charge is -2.13. The number of rotatable bonds is 7. The molecule has 1 amide bonds. The van der Waals surface area contributed by atoms with Crippen LogP contribution in [0, 0.1) is 6.92 Å². The predicted molar refractivity (Wildman–Crippen MR) is 124 cm³/mol. The molecule has 3 aromatic rings. The summed E-state index contributed by atoms with van der Waals surface area (Å²) in [6, 6.07) is 20.5. The van der Waals surface area contributed by atoms with Gasteiger partial charge in [-0.05, 0) is 80.1 Å². The molecule has 30 heavy (non-hydrogen) atoms. The van der Waals surface area contributed by atoms with E-state index >= 15 is 0 Å². The van der Waals surface area contributed by atoms with Crippen LogP contribution >= 0.6 is 23.4 Å². The van der Waals surface area contributed by atoms with E-state index in [0.717, 1.165) is 10.5 Å². The summed E-state index contributed by atoms with van der Waals surface area (Å²) in [5.74, 6) is -0.177. The number of thioether (sulfide) groups is 1. The summed E-state index contributed by atoms with van der Waals surface area (Å²) in [5, 5.41) is 3.11. The number of sulfonamides is 1. The fraction of sp³-hybridized carbons (Fsp3) is 0.136. The van der Waals surface area contributed by atoms with Crippen LogP contribution in [0.15, 0.2) is 82.6 Å². The number of anilines is 2. The highest BCUT2D eigenvalue weighted by molar-refractivity contribution is 8.00. The van der Waals surface area contributed by atoms with Gasteiger partial charge in [-0.25, -0.2) is 8.42 Å². The Labute approximate surface area is 185 Å². The van der Waals surface area contributed by atoms with Gasteiger partial charge in [-0.1, -0.05) is 23.7 Å². The Morgan fingerprint density at radius 2 is 1.63 bits per heavy atom. The largest absolute Gasteiger partial charge is 0.325 e. The molecule has 0 aromatic heterocycles. The number of amides is 1. The third-order valence-electron chi connectivity index (χ3n) is 4.20. The van der Waals surface area contributed by atoms with Crippen LogP contribution in [-0.4, -0.2) is 19.6 Å². The van der Waals surface area contributed by atoms with Gasteiger partial charge in [0.25, 0.3) is 10.0 Å². The first-order valence-corrected chi connectivity index (χ1v) is 11.9. The Hall–Kier alpha value is -2.48. The molecule has 3 rings (SSSR count). The van der Waals surface area contributed by atoms with Crippen molar-refractivity contribution in [3.05, 3.63) is 83.4 Å². The molecule has 0 fully saturated rings. The molecule has 0 saturated heterocycles. The van der Waals surface area contributed by atoms with Gasteiger partial charge in [-0.2, -0.15) is 0 Å². The van der Waals surface area contributed by atoms with Gasteiger partial charge in [0.1, 0.15) is 0 Å². The average Bonchev–Trinajstić information content (AvgIpc) is 2.70. The van der Waals surface area contributed by atoms with Gasteiger partial charge in [0, 0.05) is 21.3 Å². The number of nitrogens with one attached hydrogen (secondary N) is 2. The average molecular weight is 461 g/mol. The van der Waals surface area contributed by atoms with E-state index in [9.17, 15) is 13.2 Å². The van der Waals surface area contributed by atoms with Crippen LogP contribution < -0.4 is 10.0 Å². The molecule has 0 heterocycles. The lowest BCUT2D eigenvalue weighted by Crippen LogP contribution is -2.22. The van der Waals surface area contributed by atoms with Crippen LogP contribution in [-0.2, 0) is 14.8 Å². The molecule has 0 radical (unpaired) electrons. The number of hydrogen-bond donors (Lipinski definition) is 2. The SMILES string of the molecule is Cc1cccc(NS(=O)(=O)c2ccc(NC(=O)[C@H](C)Sc3ccc(Cl)cc3)cc2)c1. The van der Waals surface area contributed by atoms with Gasteiger partial charge >= 0.3 is 0 Å². The molecule has 0 saturated carbocycles. The van der Waals surface area contributed by atoms with Gasteiger partial charge in [0.15, 0.2) is 0 Å². The number of halogens is 1. The zero-order chi connectivity index (χ0) is 21.7. The minimum absolute atomic E-state index is 0.116. The number of benzene rings is 3. The normalized spacial score (nSPS) is 12.2. The molecular weight excluding hydrogens is 440 g/mol. The summed E-state index contributed by atoms with van der Waals surface area (Å²) < 4.78 is 27.7. The molecule has 2 N–H and O–H groups in total. The van der Waals surface area contributed by atoms with Gasteiger partial charge in [-0.3, -0.25) is 9.52 Å². The highest BCUT2D eigenvalue weighted by Gasteiger charge is 2.17. The van der Waals surface area contributed by atoms with E-state index in [1.165, 1.54) is 23.9 Å². The molecule has 0 unspecified atom stereocenters. The van der Waals surface area contributed by atoms with Gasteiger partial charge in [0.05, 0.1) is 10.1 Å². The second-order valence-corrected chi connectivity index (χ2v) is 10.2. The van der Waals surface area contributed by atoms with Crippen molar-refractivity contribution in [2.75, 3.05) is 10.0 Å². The van der Waals surface area contributed by atoms with E-state index in [2.05, 4.69) is 10.0 Å². The van der Waals surface area contributed by atoms with E-state index in [1.807, 2.05) is 25.1 Å². The zero-order valence-electron chi connectivity index (χ0n) is 16.4. The van der Waals surface area contributed by atoms with Gasteiger partial charge < -0.3 is 5.32 Å². The number of hydrogen-bond acceptors (Lipinski definition) is 4. The maximum absolute atomic E-state index is 12.6. The van der Waals surface area contributed by atoms with Crippen LogP contribution in [0.1, 0.15) is 12.5 Å². The molecular formula is C22H21ClN2O3S2. The van der Waals surface area contributed by atoms with Crippen LogP contribution in [0.4, 0.5) is 11.4 Å². The Kier molecular flexibility index (Phi) is 7.07. The minimum Gasteiger partial charge on any atom is -0.325 e. The zero-order valence-corrected chi connectivity index (χ0v) is 18.8. The van der Waals surface area contributed by atoms with Crippen molar-refractivity contribution in [1.29, 1.82) is 0 Å². The standard InChI is InChI=1S/C22H21ClN2O3S2/c1-15-4-3-5-19(14-15)25-30(27,28)21-12-8-18(9-13-21)24-22(26)16(2)29-20-10-6-17(23)7-11-20/h3-14,16,25H,1-2H3,(H,24,26)/t16-/m0/s1. The Morgan fingerprint density at radius 3 is 2.27 bits per heavy atom. The predicted octanol–water partition coefficient (Wildman–Crippen LogP) is 5.57. The van der Waals surface area contributed by atoms with Gasteiger partial charge in [-0.15, -0.1) is 11.8 Å². The molecule has 0 aliphatic heterocycles. The maximum atomic E-state index is 12.6. The van der Waals surface area contributed by atoms with Crippen LogP contribution in [0.3, 0.4) is 0 Å². The van der Waals surface area contributed by atoms with E-state index < -0.39 is 10.0 Å². The number of carbonyl (C=O) groups is 1. The Morgan fingerprint density at radius 1 is 0.967 bits per heavy atom. The highest BCUT2D eigenvalue weighted by Crippen LogP contribution is 2.26. The second kappa shape index (κ2) is 9.55. The minimum atomic E-state index is -3.71. The summed E-state index contributed by atoms with van der Waals surface area (Å²) >= 11 is 7.29. The summed E-state index contributed by atoms with van der Waals surface area (Å²) in [7, 11) is -3.71. The monoisotopic (exact) mass is 460 g/mol. The first kappa shape index (κ1) is 22.2. The molecule has 0 aliphatic rings. The molecule has 156 valence electrons. The van der Waals surface area contributed by atoms with Crippen LogP contribution in [0.25, 0.3) is 0 Å². The van der Waals surface area contributed by atoms with E-state index in [1.54, 1.807) is 49.4 Å². The topological polar surface area (TPSA) is 75.3 Å². The molecule has 0 aliphatic carbocycles. The molecule has 0 bridgehead atoms. The fourth-order valence-electron chi connectivity index (χ4n) is 2.65. The first-order chi connectivity index (χ1) is 14.2. The van der Waals surface area contributed by atoms with Crippen molar-refractivity contribution < 1.29 is 13.2 Å². The quantitative estimate of drug-likeness (QED) is 0.452. The third kappa shape index (κ3) is 6.01. The van der Waals surface area contributed by atoms with Crippen molar-refractivity contribution in [1.82, 2.24) is 0 Å². The van der Waals surface area contributed by atoms with Crippen LogP contribution in [0.5, 0.6) is 0 Å². The molecule has 8 heteroatoms. The smallest absolute Gasteiger partial charge is 0.261 e. The van der Waals surface area contributed by atoms with E-state index in [-0.39, 0.29) is 16.1 Å². The highest BCUT2D eigenvalue weighted by atomic mass is 35.5. The van der Waals surface area contributed by atoms with E-state index in [0.29, 0.717) is 16.4 Å². The van der Waals surface area contributed by atoms with E-state index in [4.69, 9.17) is 11.6 Å². The Balaban J connectivity index is 1.63. The van der Waals surface area contributed by atoms with Crippen molar-refractivity contribution >= 4 is 50.7 Å². The van der Waals surface area contributed by atoms with Crippen molar-refractivity contribution in [2.45, 2.75) is 28.9 Å².